The first-order valence-electron chi connectivity index (χ1n) is 8.51. The predicted octanol–water partition coefficient (Wildman–Crippen LogP) is 6.67. The molecule has 0 saturated heterocycles. The van der Waals surface area contributed by atoms with Gasteiger partial charge in [-0.1, -0.05) is 34.5 Å². The SMILES string of the molecule is FC(F)(F)c1cc(Cl)c2nc(N3CCc4c([nH]c5ccc(Cl)cc45)C3)sc2c1. The highest BCUT2D eigenvalue weighted by atomic mass is 35.5. The smallest absolute Gasteiger partial charge is 0.357 e. The Balaban J connectivity index is 1.53. The molecular formula is C19H12Cl2F3N3S. The molecular weight excluding hydrogens is 430 g/mol. The molecule has 2 aromatic heterocycles. The van der Waals surface area contributed by atoms with Crippen molar-refractivity contribution < 1.29 is 13.2 Å². The van der Waals surface area contributed by atoms with E-state index in [0.29, 0.717) is 26.9 Å². The first kappa shape index (κ1) is 18.1. The summed E-state index contributed by atoms with van der Waals surface area (Å²) in [5, 5.41) is 2.49. The average Bonchev–Trinajstić information content (AvgIpc) is 3.22. The minimum absolute atomic E-state index is 0.0188. The van der Waals surface area contributed by atoms with Gasteiger partial charge in [0.2, 0.25) is 0 Å². The van der Waals surface area contributed by atoms with Crippen LogP contribution in [0.5, 0.6) is 0 Å². The van der Waals surface area contributed by atoms with Gasteiger partial charge in [0, 0.05) is 28.2 Å². The first-order chi connectivity index (χ1) is 13.3. The van der Waals surface area contributed by atoms with E-state index in [0.717, 1.165) is 41.7 Å². The Labute approximate surface area is 171 Å². The number of halogens is 5. The molecule has 0 bridgehead atoms. The fraction of sp³-hybridized carbons (Fsp3) is 0.211. The van der Waals surface area contributed by atoms with Gasteiger partial charge in [0.1, 0.15) is 5.52 Å². The summed E-state index contributed by atoms with van der Waals surface area (Å²) in [5.41, 5.74) is 2.98. The van der Waals surface area contributed by atoms with Crippen molar-refractivity contribution >= 4 is 60.8 Å². The molecule has 2 aromatic carbocycles. The lowest BCUT2D eigenvalue weighted by Crippen LogP contribution is -2.29. The van der Waals surface area contributed by atoms with Crippen molar-refractivity contribution in [2.24, 2.45) is 0 Å². The molecule has 0 unspecified atom stereocenters. The Bertz CT molecular complexity index is 1230. The van der Waals surface area contributed by atoms with Crippen molar-refractivity contribution in [3.63, 3.8) is 0 Å². The third-order valence-corrected chi connectivity index (χ3v) is 6.56. The van der Waals surface area contributed by atoms with Crippen LogP contribution in [0.15, 0.2) is 30.3 Å². The number of anilines is 1. The molecule has 1 N–H and O–H groups in total. The Morgan fingerprint density at radius 1 is 1.14 bits per heavy atom. The van der Waals surface area contributed by atoms with Gasteiger partial charge in [0.15, 0.2) is 5.13 Å². The number of aromatic nitrogens is 2. The summed E-state index contributed by atoms with van der Waals surface area (Å²) in [5.74, 6) is 0. The van der Waals surface area contributed by atoms with E-state index < -0.39 is 11.7 Å². The molecule has 1 aliphatic rings. The van der Waals surface area contributed by atoms with Crippen LogP contribution in [0.2, 0.25) is 10.0 Å². The molecule has 0 amide bonds. The van der Waals surface area contributed by atoms with Crippen LogP contribution in [0.4, 0.5) is 18.3 Å². The molecule has 0 fully saturated rings. The monoisotopic (exact) mass is 441 g/mol. The van der Waals surface area contributed by atoms with E-state index in [1.807, 2.05) is 18.2 Å². The van der Waals surface area contributed by atoms with Gasteiger partial charge >= 0.3 is 6.18 Å². The van der Waals surface area contributed by atoms with Gasteiger partial charge < -0.3 is 9.88 Å². The van der Waals surface area contributed by atoms with Crippen LogP contribution in [0.1, 0.15) is 16.8 Å². The van der Waals surface area contributed by atoms with Crippen molar-refractivity contribution in [3.8, 4) is 0 Å². The molecule has 144 valence electrons. The van der Waals surface area contributed by atoms with Crippen molar-refractivity contribution in [2.75, 3.05) is 11.4 Å². The second-order valence-electron chi connectivity index (χ2n) is 6.74. The van der Waals surface area contributed by atoms with Crippen molar-refractivity contribution in [2.45, 2.75) is 19.1 Å². The highest BCUT2D eigenvalue weighted by Gasteiger charge is 2.32. The number of benzene rings is 2. The molecule has 9 heteroatoms. The molecule has 3 heterocycles. The zero-order valence-corrected chi connectivity index (χ0v) is 16.5. The normalized spacial score (nSPS) is 14.8. The van der Waals surface area contributed by atoms with Gasteiger partial charge in [-0.25, -0.2) is 4.98 Å². The number of nitrogens with zero attached hydrogens (tertiary/aromatic N) is 2. The number of thiazole rings is 1. The second kappa shape index (κ2) is 6.27. The molecule has 28 heavy (non-hydrogen) atoms. The Kier molecular flexibility index (Phi) is 4.05. The Hall–Kier alpha value is -1.96. The number of rotatable bonds is 1. The Morgan fingerprint density at radius 2 is 1.96 bits per heavy atom. The van der Waals surface area contributed by atoms with E-state index >= 15 is 0 Å². The summed E-state index contributed by atoms with van der Waals surface area (Å²) in [6.45, 7) is 1.32. The van der Waals surface area contributed by atoms with Crippen LogP contribution in [0, 0.1) is 0 Å². The number of nitrogens with one attached hydrogen (secondary N) is 1. The molecule has 4 aromatic rings. The zero-order valence-electron chi connectivity index (χ0n) is 14.2. The average molecular weight is 442 g/mol. The Morgan fingerprint density at radius 3 is 2.75 bits per heavy atom. The summed E-state index contributed by atoms with van der Waals surface area (Å²) in [4.78, 5) is 9.99. The molecule has 0 atom stereocenters. The fourth-order valence-corrected chi connectivity index (χ4v) is 5.20. The number of hydrogen-bond donors (Lipinski definition) is 1. The van der Waals surface area contributed by atoms with Crippen LogP contribution in [0.3, 0.4) is 0 Å². The fourth-order valence-electron chi connectivity index (χ4n) is 3.65. The molecule has 3 nitrogen and oxygen atoms in total. The summed E-state index contributed by atoms with van der Waals surface area (Å²) in [6.07, 6.45) is -3.64. The maximum Gasteiger partial charge on any atom is 0.416 e. The van der Waals surface area contributed by atoms with E-state index in [2.05, 4.69) is 14.9 Å². The summed E-state index contributed by atoms with van der Waals surface area (Å²) < 4.78 is 39.6. The predicted molar refractivity (Wildman–Crippen MR) is 108 cm³/mol. The van der Waals surface area contributed by atoms with Gasteiger partial charge in [-0.05, 0) is 42.3 Å². The van der Waals surface area contributed by atoms with Crippen LogP contribution < -0.4 is 4.90 Å². The topological polar surface area (TPSA) is 31.9 Å². The van der Waals surface area contributed by atoms with Crippen LogP contribution >= 0.6 is 34.5 Å². The standard InChI is InChI=1S/C19H12Cl2F3N3S/c20-10-1-2-14-12(7-10)11-3-4-27(8-15(11)25-14)18-26-17-13(21)5-9(19(22,23)24)6-16(17)28-18/h1-2,5-7,25H,3-4,8H2. The number of H-pyrrole nitrogens is 1. The summed E-state index contributed by atoms with van der Waals surface area (Å²) >= 11 is 13.4. The van der Waals surface area contributed by atoms with Gasteiger partial charge in [-0.15, -0.1) is 0 Å². The third kappa shape index (κ3) is 2.93. The largest absolute Gasteiger partial charge is 0.416 e. The molecule has 1 aliphatic heterocycles. The first-order valence-corrected chi connectivity index (χ1v) is 10.1. The van der Waals surface area contributed by atoms with Gasteiger partial charge in [0.05, 0.1) is 21.8 Å². The lowest BCUT2D eigenvalue weighted by Gasteiger charge is -2.26. The lowest BCUT2D eigenvalue weighted by atomic mass is 10.0. The maximum absolute atomic E-state index is 13.1. The highest BCUT2D eigenvalue weighted by Crippen LogP contribution is 2.40. The number of alkyl halides is 3. The maximum atomic E-state index is 13.1. The van der Waals surface area contributed by atoms with Gasteiger partial charge in [-0.3, -0.25) is 0 Å². The van der Waals surface area contributed by atoms with E-state index in [4.69, 9.17) is 23.2 Å². The minimum Gasteiger partial charge on any atom is -0.357 e. The second-order valence-corrected chi connectivity index (χ2v) is 8.60. The van der Waals surface area contributed by atoms with Crippen LogP contribution in [-0.4, -0.2) is 16.5 Å². The van der Waals surface area contributed by atoms with Crippen molar-refractivity contribution in [1.82, 2.24) is 9.97 Å². The zero-order chi connectivity index (χ0) is 19.6. The number of aromatic amines is 1. The van der Waals surface area contributed by atoms with Crippen molar-refractivity contribution in [1.29, 1.82) is 0 Å². The summed E-state index contributed by atoms with van der Waals surface area (Å²) in [6, 6.07) is 7.80. The van der Waals surface area contributed by atoms with E-state index in [1.54, 1.807) is 0 Å². The van der Waals surface area contributed by atoms with Gasteiger partial charge in [-0.2, -0.15) is 13.2 Å². The highest BCUT2D eigenvalue weighted by molar-refractivity contribution is 7.22. The van der Waals surface area contributed by atoms with Crippen molar-refractivity contribution in [3.05, 3.63) is 57.2 Å². The van der Waals surface area contributed by atoms with Crippen LogP contribution in [-0.2, 0) is 19.1 Å². The van der Waals surface area contributed by atoms with E-state index in [9.17, 15) is 13.2 Å². The minimum atomic E-state index is -4.44. The van der Waals surface area contributed by atoms with Crippen LogP contribution in [0.25, 0.3) is 21.1 Å². The third-order valence-electron chi connectivity index (χ3n) is 4.97. The molecule has 5 rings (SSSR count). The number of hydrogen-bond acceptors (Lipinski definition) is 3. The molecule has 0 saturated carbocycles. The van der Waals surface area contributed by atoms with Gasteiger partial charge in [0.25, 0.3) is 0 Å². The van der Waals surface area contributed by atoms with E-state index in [1.165, 1.54) is 16.9 Å². The lowest BCUT2D eigenvalue weighted by molar-refractivity contribution is -0.137. The quantitative estimate of drug-likeness (QED) is 0.357. The molecule has 0 radical (unpaired) electrons. The number of fused-ring (bicyclic) bond motifs is 4. The summed E-state index contributed by atoms with van der Waals surface area (Å²) in [7, 11) is 0. The van der Waals surface area contributed by atoms with E-state index in [-0.39, 0.29) is 5.02 Å². The molecule has 0 aliphatic carbocycles. The molecule has 0 spiro atoms.